The van der Waals surface area contributed by atoms with E-state index in [4.69, 9.17) is 11.6 Å². The van der Waals surface area contributed by atoms with E-state index in [-0.39, 0.29) is 26.4 Å². The first-order valence-electron chi connectivity index (χ1n) is 8.28. The zero-order chi connectivity index (χ0) is 19.4. The third-order valence-corrected chi connectivity index (χ3v) is 6.29. The Morgan fingerprint density at radius 2 is 1.81 bits per heavy atom. The van der Waals surface area contributed by atoms with Crippen molar-refractivity contribution >= 4 is 33.0 Å². The summed E-state index contributed by atoms with van der Waals surface area (Å²) in [5.41, 5.74) is 1.53. The molecule has 0 saturated heterocycles. The highest BCUT2D eigenvalue weighted by Crippen LogP contribution is 2.30. The lowest BCUT2D eigenvalue weighted by Crippen LogP contribution is -2.15. The van der Waals surface area contributed by atoms with Crippen molar-refractivity contribution in [1.29, 1.82) is 0 Å². The summed E-state index contributed by atoms with van der Waals surface area (Å²) in [6.45, 7) is 1.89. The van der Waals surface area contributed by atoms with Crippen LogP contribution in [0.1, 0.15) is 23.0 Å². The number of rotatable bonds is 5. The highest BCUT2D eigenvalue weighted by Gasteiger charge is 2.22. The third-order valence-electron chi connectivity index (χ3n) is 4.04. The van der Waals surface area contributed by atoms with Gasteiger partial charge in [-0.2, -0.15) is 0 Å². The summed E-state index contributed by atoms with van der Waals surface area (Å²) in [7, 11) is -3.76. The van der Waals surface area contributed by atoms with Gasteiger partial charge in [0.05, 0.1) is 14.8 Å². The first-order valence-corrected chi connectivity index (χ1v) is 10.1. The average Bonchev–Trinajstić information content (AvgIpc) is 2.69. The Hall–Kier alpha value is -2.70. The van der Waals surface area contributed by atoms with E-state index >= 15 is 0 Å². The van der Waals surface area contributed by atoms with Gasteiger partial charge in [0.2, 0.25) is 9.84 Å². The van der Waals surface area contributed by atoms with Gasteiger partial charge in [-0.05, 0) is 54.4 Å². The number of anilines is 1. The quantitative estimate of drug-likeness (QED) is 0.689. The minimum absolute atomic E-state index is 0.0546. The molecule has 1 amide bonds. The van der Waals surface area contributed by atoms with Crippen LogP contribution < -0.4 is 5.32 Å². The van der Waals surface area contributed by atoms with E-state index in [0.29, 0.717) is 17.7 Å². The predicted molar refractivity (Wildman–Crippen MR) is 105 cm³/mol. The number of hydrogen-bond acceptors (Lipinski definition) is 4. The fourth-order valence-corrected chi connectivity index (χ4v) is 4.45. The zero-order valence-corrected chi connectivity index (χ0v) is 16.1. The molecule has 0 bridgehead atoms. The molecule has 0 aliphatic carbocycles. The van der Waals surface area contributed by atoms with Crippen LogP contribution in [0.5, 0.6) is 0 Å². The number of benzene rings is 2. The molecule has 0 unspecified atom stereocenters. The number of nitrogens with one attached hydrogen (secondary N) is 1. The van der Waals surface area contributed by atoms with Gasteiger partial charge in [0, 0.05) is 11.9 Å². The molecular formula is C20H17ClN2O3S. The summed E-state index contributed by atoms with van der Waals surface area (Å²) in [6.07, 6.45) is 2.08. The largest absolute Gasteiger partial charge is 0.320 e. The maximum atomic E-state index is 12.9. The van der Waals surface area contributed by atoms with Gasteiger partial charge in [0.1, 0.15) is 5.69 Å². The zero-order valence-electron chi connectivity index (χ0n) is 14.5. The minimum atomic E-state index is -3.76. The Labute approximate surface area is 163 Å². The van der Waals surface area contributed by atoms with Gasteiger partial charge in [-0.3, -0.25) is 9.78 Å². The van der Waals surface area contributed by atoms with Gasteiger partial charge in [-0.25, -0.2) is 8.42 Å². The van der Waals surface area contributed by atoms with Crippen molar-refractivity contribution in [2.45, 2.75) is 23.1 Å². The Morgan fingerprint density at radius 1 is 1.07 bits per heavy atom. The number of carbonyl (C=O) groups is 1. The summed E-state index contributed by atoms with van der Waals surface area (Å²) < 4.78 is 25.8. The second-order valence-electron chi connectivity index (χ2n) is 5.78. The number of halogens is 1. The maximum absolute atomic E-state index is 12.9. The molecule has 5 nitrogen and oxygen atoms in total. The number of nitrogens with zero attached hydrogens (tertiary/aromatic N) is 1. The molecule has 0 fully saturated rings. The number of amides is 1. The molecule has 7 heteroatoms. The van der Waals surface area contributed by atoms with Crippen molar-refractivity contribution in [3.63, 3.8) is 0 Å². The topological polar surface area (TPSA) is 76.1 Å². The van der Waals surface area contributed by atoms with E-state index in [0.717, 1.165) is 0 Å². The summed E-state index contributed by atoms with van der Waals surface area (Å²) in [5, 5.41) is 2.95. The smallest absolute Gasteiger partial charge is 0.274 e. The van der Waals surface area contributed by atoms with E-state index in [2.05, 4.69) is 10.3 Å². The number of hydrogen-bond donors (Lipinski definition) is 1. The lowest BCUT2D eigenvalue weighted by atomic mass is 10.1. The van der Waals surface area contributed by atoms with Crippen molar-refractivity contribution < 1.29 is 13.2 Å². The molecule has 138 valence electrons. The van der Waals surface area contributed by atoms with Gasteiger partial charge in [-0.1, -0.05) is 36.7 Å². The number of sulfone groups is 1. The molecule has 1 N–H and O–H groups in total. The lowest BCUT2D eigenvalue weighted by Gasteiger charge is -2.13. The molecule has 2 aromatic carbocycles. The summed E-state index contributed by atoms with van der Waals surface area (Å²) in [6, 6.07) is 16.0. The van der Waals surface area contributed by atoms with Gasteiger partial charge < -0.3 is 5.32 Å². The predicted octanol–water partition coefficient (Wildman–Crippen LogP) is 4.38. The SMILES string of the molecule is CCc1cc(S(=O)(=O)c2ccccc2Cl)ccc1NC(=O)c1ccccn1. The first-order chi connectivity index (χ1) is 12.9. The molecule has 0 radical (unpaired) electrons. The van der Waals surface area contributed by atoms with Gasteiger partial charge in [0.25, 0.3) is 5.91 Å². The van der Waals surface area contributed by atoms with E-state index in [1.54, 1.807) is 42.5 Å². The van der Waals surface area contributed by atoms with Crippen LogP contribution in [0.25, 0.3) is 0 Å². The van der Waals surface area contributed by atoms with Crippen molar-refractivity contribution in [2.24, 2.45) is 0 Å². The number of pyridine rings is 1. The molecule has 3 aromatic rings. The second-order valence-corrected chi connectivity index (χ2v) is 8.10. The number of aryl methyl sites for hydroxylation is 1. The Balaban J connectivity index is 1.95. The van der Waals surface area contributed by atoms with Crippen LogP contribution >= 0.6 is 11.6 Å². The Morgan fingerprint density at radius 3 is 2.48 bits per heavy atom. The van der Waals surface area contributed by atoms with E-state index in [9.17, 15) is 13.2 Å². The van der Waals surface area contributed by atoms with Crippen LogP contribution in [0.3, 0.4) is 0 Å². The maximum Gasteiger partial charge on any atom is 0.274 e. The van der Waals surface area contributed by atoms with E-state index in [1.165, 1.54) is 24.4 Å². The molecular weight excluding hydrogens is 384 g/mol. The molecule has 1 heterocycles. The van der Waals surface area contributed by atoms with Crippen LogP contribution in [0.15, 0.2) is 76.7 Å². The van der Waals surface area contributed by atoms with E-state index < -0.39 is 9.84 Å². The summed E-state index contributed by atoms with van der Waals surface area (Å²) in [5.74, 6) is -0.355. The highest BCUT2D eigenvalue weighted by molar-refractivity contribution is 7.91. The van der Waals surface area contributed by atoms with Gasteiger partial charge >= 0.3 is 0 Å². The Kier molecular flexibility index (Phi) is 5.58. The first kappa shape index (κ1) is 19.1. The van der Waals surface area contributed by atoms with Gasteiger partial charge in [0.15, 0.2) is 0 Å². The van der Waals surface area contributed by atoms with Crippen molar-refractivity contribution in [2.75, 3.05) is 5.32 Å². The van der Waals surface area contributed by atoms with Gasteiger partial charge in [-0.15, -0.1) is 0 Å². The molecule has 0 aliphatic rings. The van der Waals surface area contributed by atoms with Crippen molar-refractivity contribution in [3.05, 3.63) is 83.1 Å². The number of aromatic nitrogens is 1. The standard InChI is InChI=1S/C20H17ClN2O3S/c1-2-14-13-15(27(25,26)19-9-4-3-7-16(19)21)10-11-17(14)23-20(24)18-8-5-6-12-22-18/h3-13H,2H2,1H3,(H,23,24). The molecule has 3 rings (SSSR count). The summed E-state index contributed by atoms with van der Waals surface area (Å²) in [4.78, 5) is 16.5. The molecule has 0 spiro atoms. The van der Waals surface area contributed by atoms with Crippen LogP contribution in [0.4, 0.5) is 5.69 Å². The fraction of sp³-hybridized carbons (Fsp3) is 0.100. The van der Waals surface area contributed by atoms with Crippen molar-refractivity contribution in [3.8, 4) is 0 Å². The molecule has 1 aromatic heterocycles. The Bertz CT molecular complexity index is 1080. The summed E-state index contributed by atoms with van der Waals surface area (Å²) >= 11 is 6.06. The molecule has 0 atom stereocenters. The third kappa shape index (κ3) is 4.02. The monoisotopic (exact) mass is 400 g/mol. The fourth-order valence-electron chi connectivity index (χ4n) is 2.62. The van der Waals surface area contributed by atoms with E-state index in [1.807, 2.05) is 6.92 Å². The normalized spacial score (nSPS) is 11.2. The van der Waals surface area contributed by atoms with Crippen LogP contribution in [-0.2, 0) is 16.3 Å². The molecule has 0 aliphatic heterocycles. The molecule has 0 saturated carbocycles. The number of carbonyl (C=O) groups excluding carboxylic acids is 1. The average molecular weight is 401 g/mol. The van der Waals surface area contributed by atoms with Crippen LogP contribution in [-0.4, -0.2) is 19.3 Å². The minimum Gasteiger partial charge on any atom is -0.320 e. The van der Waals surface area contributed by atoms with Crippen molar-refractivity contribution in [1.82, 2.24) is 4.98 Å². The van der Waals surface area contributed by atoms with Crippen LogP contribution in [0, 0.1) is 0 Å². The highest BCUT2D eigenvalue weighted by atomic mass is 35.5. The lowest BCUT2D eigenvalue weighted by molar-refractivity contribution is 0.102. The second kappa shape index (κ2) is 7.90. The molecule has 27 heavy (non-hydrogen) atoms. The van der Waals surface area contributed by atoms with Crippen LogP contribution in [0.2, 0.25) is 5.02 Å².